The molecule has 0 aromatic heterocycles. The van der Waals surface area contributed by atoms with E-state index in [1.807, 2.05) is 0 Å². The lowest BCUT2D eigenvalue weighted by Gasteiger charge is -2.28. The Bertz CT molecular complexity index is 245. The van der Waals surface area contributed by atoms with Crippen LogP contribution in [0.15, 0.2) is 0 Å². The van der Waals surface area contributed by atoms with Crippen LogP contribution in [-0.4, -0.2) is 36.5 Å². The molecular formula is C17H35NO2. The van der Waals surface area contributed by atoms with Gasteiger partial charge in [-0.3, -0.25) is 0 Å². The molecule has 0 aromatic rings. The second-order valence-corrected chi connectivity index (χ2v) is 7.16. The van der Waals surface area contributed by atoms with Crippen molar-refractivity contribution in [2.45, 2.75) is 84.5 Å². The first kappa shape index (κ1) is 17.9. The summed E-state index contributed by atoms with van der Waals surface area (Å²) in [7, 11) is 0. The lowest BCUT2D eigenvalue weighted by molar-refractivity contribution is -0.0311. The third-order valence-corrected chi connectivity index (χ3v) is 4.29. The van der Waals surface area contributed by atoms with Crippen molar-refractivity contribution < 1.29 is 9.84 Å². The van der Waals surface area contributed by atoms with E-state index in [4.69, 9.17) is 4.74 Å². The lowest BCUT2D eigenvalue weighted by atomic mass is 9.89. The van der Waals surface area contributed by atoms with Crippen molar-refractivity contribution in [1.82, 2.24) is 5.32 Å². The van der Waals surface area contributed by atoms with Crippen molar-refractivity contribution in [3.8, 4) is 0 Å². The van der Waals surface area contributed by atoms with E-state index >= 15 is 0 Å². The molecule has 3 heteroatoms. The largest absolute Gasteiger partial charge is 0.389 e. The fourth-order valence-electron chi connectivity index (χ4n) is 2.86. The van der Waals surface area contributed by atoms with E-state index in [1.54, 1.807) is 0 Å². The van der Waals surface area contributed by atoms with Crippen molar-refractivity contribution >= 4 is 0 Å². The van der Waals surface area contributed by atoms with Crippen LogP contribution < -0.4 is 5.32 Å². The van der Waals surface area contributed by atoms with Gasteiger partial charge in [0.25, 0.3) is 0 Å². The first-order valence-electron chi connectivity index (χ1n) is 8.50. The molecular weight excluding hydrogens is 250 g/mol. The van der Waals surface area contributed by atoms with E-state index in [-0.39, 0.29) is 6.10 Å². The molecule has 0 aliphatic heterocycles. The smallest absolute Gasteiger partial charge is 0.0897 e. The van der Waals surface area contributed by atoms with E-state index in [1.165, 1.54) is 25.7 Å². The number of hydrogen-bond acceptors (Lipinski definition) is 3. The van der Waals surface area contributed by atoms with Gasteiger partial charge in [-0.25, -0.2) is 0 Å². The highest BCUT2D eigenvalue weighted by Gasteiger charge is 2.20. The Morgan fingerprint density at radius 1 is 1.20 bits per heavy atom. The summed E-state index contributed by atoms with van der Waals surface area (Å²) in [6.07, 6.45) is 7.32. The van der Waals surface area contributed by atoms with Crippen LogP contribution >= 0.6 is 0 Å². The molecule has 1 fully saturated rings. The van der Waals surface area contributed by atoms with Gasteiger partial charge in [-0.1, -0.05) is 33.6 Å². The normalized spacial score (nSPS) is 26.7. The average Bonchev–Trinajstić information content (AvgIpc) is 2.40. The molecule has 0 radical (unpaired) electrons. The van der Waals surface area contributed by atoms with Gasteiger partial charge in [0, 0.05) is 12.6 Å². The quantitative estimate of drug-likeness (QED) is 0.682. The number of rotatable bonds is 9. The average molecular weight is 285 g/mol. The number of ether oxygens (including phenoxy) is 1. The molecule has 4 atom stereocenters. The molecule has 0 aromatic carbocycles. The molecule has 0 heterocycles. The minimum atomic E-state index is -0.381. The van der Waals surface area contributed by atoms with Crippen LogP contribution in [0.5, 0.6) is 0 Å². The van der Waals surface area contributed by atoms with E-state index in [9.17, 15) is 5.11 Å². The molecule has 0 spiro atoms. The highest BCUT2D eigenvalue weighted by molar-refractivity contribution is 4.72. The zero-order valence-corrected chi connectivity index (χ0v) is 13.9. The van der Waals surface area contributed by atoms with Crippen molar-refractivity contribution in [2.75, 3.05) is 13.2 Å². The van der Waals surface area contributed by atoms with Gasteiger partial charge in [-0.2, -0.15) is 0 Å². The number of nitrogens with one attached hydrogen (secondary N) is 1. The Balaban J connectivity index is 2.06. The van der Waals surface area contributed by atoms with Gasteiger partial charge in [-0.05, 0) is 44.4 Å². The van der Waals surface area contributed by atoms with Gasteiger partial charge < -0.3 is 15.2 Å². The van der Waals surface area contributed by atoms with Gasteiger partial charge in [0.2, 0.25) is 0 Å². The fraction of sp³-hybridized carbons (Fsp3) is 1.00. The van der Waals surface area contributed by atoms with Gasteiger partial charge in [-0.15, -0.1) is 0 Å². The fourth-order valence-corrected chi connectivity index (χ4v) is 2.86. The topological polar surface area (TPSA) is 41.5 Å². The Kier molecular flexibility index (Phi) is 8.74. The predicted molar refractivity (Wildman–Crippen MR) is 84.9 cm³/mol. The summed E-state index contributed by atoms with van der Waals surface area (Å²) in [4.78, 5) is 0. The molecule has 4 unspecified atom stereocenters. The molecule has 1 aliphatic rings. The number of hydrogen-bond donors (Lipinski definition) is 2. The maximum atomic E-state index is 9.98. The summed E-state index contributed by atoms with van der Waals surface area (Å²) in [5.41, 5.74) is 0. The van der Waals surface area contributed by atoms with Crippen molar-refractivity contribution in [1.29, 1.82) is 0 Å². The minimum Gasteiger partial charge on any atom is -0.389 e. The molecule has 120 valence electrons. The van der Waals surface area contributed by atoms with Crippen LogP contribution in [0, 0.1) is 11.8 Å². The van der Waals surface area contributed by atoms with E-state index in [0.29, 0.717) is 25.3 Å². The van der Waals surface area contributed by atoms with Crippen LogP contribution in [0.2, 0.25) is 0 Å². The van der Waals surface area contributed by atoms with E-state index in [2.05, 4.69) is 33.0 Å². The van der Waals surface area contributed by atoms with Gasteiger partial charge >= 0.3 is 0 Å². The van der Waals surface area contributed by atoms with Gasteiger partial charge in [0.15, 0.2) is 0 Å². The monoisotopic (exact) mass is 285 g/mol. The predicted octanol–water partition coefficient (Wildman–Crippen LogP) is 3.36. The van der Waals surface area contributed by atoms with Crippen molar-refractivity contribution in [3.63, 3.8) is 0 Å². The Hall–Kier alpha value is -0.120. The van der Waals surface area contributed by atoms with Gasteiger partial charge in [0.1, 0.15) is 0 Å². The minimum absolute atomic E-state index is 0.367. The van der Waals surface area contributed by atoms with Crippen molar-refractivity contribution in [3.05, 3.63) is 0 Å². The first-order valence-corrected chi connectivity index (χ1v) is 8.50. The SMILES string of the molecule is CC(C)CCC(C)NCC(O)COC1CCCC(C)C1. The number of aliphatic hydroxyl groups is 1. The standard InChI is InChI=1S/C17H35NO2/c1-13(2)8-9-15(4)18-11-16(19)12-20-17-7-5-6-14(3)10-17/h13-19H,5-12H2,1-4H3. The maximum absolute atomic E-state index is 9.98. The van der Waals surface area contributed by atoms with E-state index < -0.39 is 0 Å². The maximum Gasteiger partial charge on any atom is 0.0897 e. The highest BCUT2D eigenvalue weighted by Crippen LogP contribution is 2.25. The van der Waals surface area contributed by atoms with Crippen LogP contribution in [0.4, 0.5) is 0 Å². The summed E-state index contributed by atoms with van der Waals surface area (Å²) in [6.45, 7) is 10.1. The summed E-state index contributed by atoms with van der Waals surface area (Å²) >= 11 is 0. The van der Waals surface area contributed by atoms with Crippen LogP contribution in [0.25, 0.3) is 0 Å². The molecule has 0 saturated heterocycles. The highest BCUT2D eigenvalue weighted by atomic mass is 16.5. The molecule has 0 bridgehead atoms. The molecule has 1 aliphatic carbocycles. The first-order chi connectivity index (χ1) is 9.47. The van der Waals surface area contributed by atoms with Crippen molar-refractivity contribution in [2.24, 2.45) is 11.8 Å². The molecule has 0 amide bonds. The second-order valence-electron chi connectivity index (χ2n) is 7.16. The van der Waals surface area contributed by atoms with Gasteiger partial charge in [0.05, 0.1) is 18.8 Å². The molecule has 3 nitrogen and oxygen atoms in total. The molecule has 2 N–H and O–H groups in total. The molecule has 20 heavy (non-hydrogen) atoms. The zero-order valence-electron chi connectivity index (χ0n) is 13.9. The Labute approximate surface area is 125 Å². The summed E-state index contributed by atoms with van der Waals surface area (Å²) in [5, 5.41) is 13.4. The Morgan fingerprint density at radius 2 is 1.95 bits per heavy atom. The summed E-state index contributed by atoms with van der Waals surface area (Å²) < 4.78 is 5.86. The zero-order chi connectivity index (χ0) is 15.0. The molecule has 1 rings (SSSR count). The second kappa shape index (κ2) is 9.75. The van der Waals surface area contributed by atoms with E-state index in [0.717, 1.165) is 24.7 Å². The number of aliphatic hydroxyl groups excluding tert-OH is 1. The Morgan fingerprint density at radius 3 is 2.60 bits per heavy atom. The van der Waals surface area contributed by atoms with Crippen LogP contribution in [0.3, 0.4) is 0 Å². The van der Waals surface area contributed by atoms with Crippen LogP contribution in [-0.2, 0) is 4.74 Å². The summed E-state index contributed by atoms with van der Waals surface area (Å²) in [5.74, 6) is 1.53. The third-order valence-electron chi connectivity index (χ3n) is 4.29. The lowest BCUT2D eigenvalue weighted by Crippen LogP contribution is -2.37. The third kappa shape index (κ3) is 8.23. The van der Waals surface area contributed by atoms with Crippen LogP contribution in [0.1, 0.15) is 66.2 Å². The summed E-state index contributed by atoms with van der Waals surface area (Å²) in [6, 6.07) is 0.474. The molecule has 1 saturated carbocycles.